The molecule has 0 radical (unpaired) electrons. The molecule has 2 rings (SSSR count). The first-order chi connectivity index (χ1) is 10.2. The molecule has 0 aliphatic carbocycles. The number of aryl methyl sites for hydroxylation is 3. The molecule has 0 N–H and O–H groups in total. The molecule has 0 aliphatic heterocycles. The quantitative estimate of drug-likeness (QED) is 0.723. The van der Waals surface area contributed by atoms with Crippen LogP contribution in [0.1, 0.15) is 72.8 Å². The maximum absolute atomic E-state index is 2.41. The summed E-state index contributed by atoms with van der Waals surface area (Å²) in [5.41, 5.74) is 8.77. The molecule has 0 amide bonds. The maximum atomic E-state index is 2.41. The minimum absolute atomic E-state index is 0.607. The third kappa shape index (κ3) is 3.02. The fraction of sp³-hybridized carbons (Fsp3) is 0.600. The normalized spacial score (nSPS) is 13.1. The van der Waals surface area contributed by atoms with Gasteiger partial charge in [-0.3, -0.25) is 0 Å². The zero-order valence-electron chi connectivity index (χ0n) is 15.6. The van der Waals surface area contributed by atoms with Crippen molar-refractivity contribution in [1.82, 2.24) is 9.13 Å². The van der Waals surface area contributed by atoms with E-state index in [9.17, 15) is 0 Å². The molecule has 0 aromatic carbocycles. The molecule has 0 fully saturated rings. The van der Waals surface area contributed by atoms with Crippen molar-refractivity contribution in [3.63, 3.8) is 0 Å². The van der Waals surface area contributed by atoms with E-state index >= 15 is 0 Å². The summed E-state index contributed by atoms with van der Waals surface area (Å²) in [6.45, 7) is 13.7. The molecule has 0 bridgehead atoms. The second-order valence-corrected chi connectivity index (χ2v) is 7.25. The highest BCUT2D eigenvalue weighted by molar-refractivity contribution is 5.34. The van der Waals surface area contributed by atoms with Crippen LogP contribution in [0, 0.1) is 20.8 Å². The van der Waals surface area contributed by atoms with E-state index in [1.54, 1.807) is 0 Å². The van der Waals surface area contributed by atoms with Crippen molar-refractivity contribution in [2.45, 2.75) is 66.2 Å². The van der Waals surface area contributed by atoms with E-state index in [2.05, 4.69) is 77.0 Å². The van der Waals surface area contributed by atoms with Gasteiger partial charge in [-0.1, -0.05) is 20.8 Å². The Hall–Kier alpha value is -1.44. The van der Waals surface area contributed by atoms with E-state index in [0.29, 0.717) is 11.8 Å². The van der Waals surface area contributed by atoms with Crippen LogP contribution in [0.5, 0.6) is 0 Å². The van der Waals surface area contributed by atoms with E-state index in [1.807, 2.05) is 0 Å². The second kappa shape index (κ2) is 6.36. The lowest BCUT2D eigenvalue weighted by Crippen LogP contribution is -2.03. The summed E-state index contributed by atoms with van der Waals surface area (Å²) >= 11 is 0. The predicted molar refractivity (Wildman–Crippen MR) is 95.9 cm³/mol. The Labute approximate surface area is 136 Å². The largest absolute Gasteiger partial charge is 0.354 e. The molecule has 2 nitrogen and oxygen atoms in total. The van der Waals surface area contributed by atoms with E-state index < -0.39 is 0 Å². The molecule has 2 heterocycles. The Morgan fingerprint density at radius 3 is 2.09 bits per heavy atom. The molecule has 1 atom stereocenters. The van der Waals surface area contributed by atoms with E-state index in [0.717, 1.165) is 6.42 Å². The Morgan fingerprint density at radius 2 is 1.64 bits per heavy atom. The standard InChI is InChI=1S/C20H32N2/c1-13(2)19-11-18(22(8)16(19)5)10-9-14(3)20-15(4)12-21(7)17(20)6/h11-14H,9-10H2,1-8H3. The lowest BCUT2D eigenvalue weighted by Gasteiger charge is -2.14. The first-order valence-electron chi connectivity index (χ1n) is 8.51. The molecule has 22 heavy (non-hydrogen) atoms. The molecule has 122 valence electrons. The van der Waals surface area contributed by atoms with E-state index in [1.165, 1.54) is 40.2 Å². The zero-order chi connectivity index (χ0) is 16.6. The van der Waals surface area contributed by atoms with Gasteiger partial charge in [-0.05, 0) is 68.2 Å². The summed E-state index contributed by atoms with van der Waals surface area (Å²) in [4.78, 5) is 0. The zero-order valence-corrected chi connectivity index (χ0v) is 15.6. The first-order valence-corrected chi connectivity index (χ1v) is 8.51. The minimum Gasteiger partial charge on any atom is -0.354 e. The van der Waals surface area contributed by atoms with Crippen LogP contribution in [-0.2, 0) is 20.5 Å². The van der Waals surface area contributed by atoms with Gasteiger partial charge in [0.25, 0.3) is 0 Å². The van der Waals surface area contributed by atoms with Gasteiger partial charge < -0.3 is 9.13 Å². The van der Waals surface area contributed by atoms with Crippen LogP contribution in [0.25, 0.3) is 0 Å². The molecular weight excluding hydrogens is 268 g/mol. The summed E-state index contributed by atoms with van der Waals surface area (Å²) in [7, 11) is 4.36. The van der Waals surface area contributed by atoms with Crippen molar-refractivity contribution in [2.75, 3.05) is 0 Å². The van der Waals surface area contributed by atoms with Crippen LogP contribution in [0.3, 0.4) is 0 Å². The Kier molecular flexibility index (Phi) is 4.89. The van der Waals surface area contributed by atoms with Gasteiger partial charge in [0.05, 0.1) is 0 Å². The van der Waals surface area contributed by atoms with Crippen molar-refractivity contribution in [1.29, 1.82) is 0 Å². The van der Waals surface area contributed by atoms with E-state index in [-0.39, 0.29) is 0 Å². The molecule has 2 heteroatoms. The van der Waals surface area contributed by atoms with Gasteiger partial charge in [-0.25, -0.2) is 0 Å². The number of hydrogen-bond donors (Lipinski definition) is 0. The molecule has 0 saturated carbocycles. The maximum Gasteiger partial charge on any atom is 0.0178 e. The highest BCUT2D eigenvalue weighted by Crippen LogP contribution is 2.30. The molecule has 1 unspecified atom stereocenters. The summed E-state index contributed by atoms with van der Waals surface area (Å²) in [5.74, 6) is 1.22. The first kappa shape index (κ1) is 16.9. The third-order valence-corrected chi connectivity index (χ3v) is 5.35. The fourth-order valence-electron chi connectivity index (χ4n) is 3.80. The van der Waals surface area contributed by atoms with Crippen LogP contribution in [0.15, 0.2) is 12.3 Å². The lowest BCUT2D eigenvalue weighted by atomic mass is 9.93. The van der Waals surface area contributed by atoms with Crippen molar-refractivity contribution in [3.05, 3.63) is 46.0 Å². The van der Waals surface area contributed by atoms with Gasteiger partial charge >= 0.3 is 0 Å². The fourth-order valence-corrected chi connectivity index (χ4v) is 3.80. The second-order valence-electron chi connectivity index (χ2n) is 7.25. The number of hydrogen-bond acceptors (Lipinski definition) is 0. The number of aromatic nitrogens is 2. The smallest absolute Gasteiger partial charge is 0.0178 e. The highest BCUT2D eigenvalue weighted by Gasteiger charge is 2.17. The molecule has 0 spiro atoms. The number of nitrogens with zero attached hydrogens (tertiary/aromatic N) is 2. The predicted octanol–water partition coefficient (Wildman–Crippen LogP) is 5.15. The van der Waals surface area contributed by atoms with Crippen molar-refractivity contribution < 1.29 is 0 Å². The minimum atomic E-state index is 0.607. The van der Waals surface area contributed by atoms with Crippen LogP contribution in [0.2, 0.25) is 0 Å². The summed E-state index contributed by atoms with van der Waals surface area (Å²) < 4.78 is 4.64. The Morgan fingerprint density at radius 1 is 1.00 bits per heavy atom. The summed E-state index contributed by atoms with van der Waals surface area (Å²) in [6.07, 6.45) is 4.62. The van der Waals surface area contributed by atoms with Gasteiger partial charge in [0.2, 0.25) is 0 Å². The SMILES string of the molecule is Cc1cn(C)c(C)c1C(C)CCc1cc(C(C)C)c(C)n1C. The molecule has 0 aliphatic rings. The van der Waals surface area contributed by atoms with Gasteiger partial charge in [0, 0.05) is 37.4 Å². The average molecular weight is 300 g/mol. The highest BCUT2D eigenvalue weighted by atomic mass is 15.0. The summed E-state index contributed by atoms with van der Waals surface area (Å²) in [5, 5.41) is 0. The van der Waals surface area contributed by atoms with Gasteiger partial charge in [-0.15, -0.1) is 0 Å². The molecule has 2 aromatic heterocycles. The van der Waals surface area contributed by atoms with Gasteiger partial charge in [-0.2, -0.15) is 0 Å². The molecule has 0 saturated heterocycles. The number of rotatable bonds is 5. The van der Waals surface area contributed by atoms with Crippen LogP contribution in [0.4, 0.5) is 0 Å². The Bertz CT molecular complexity index is 656. The Balaban J connectivity index is 2.15. The monoisotopic (exact) mass is 300 g/mol. The van der Waals surface area contributed by atoms with Crippen LogP contribution < -0.4 is 0 Å². The third-order valence-electron chi connectivity index (χ3n) is 5.35. The van der Waals surface area contributed by atoms with Crippen LogP contribution >= 0.6 is 0 Å². The van der Waals surface area contributed by atoms with E-state index in [4.69, 9.17) is 0 Å². The van der Waals surface area contributed by atoms with Crippen molar-refractivity contribution in [3.8, 4) is 0 Å². The van der Waals surface area contributed by atoms with Gasteiger partial charge in [0.15, 0.2) is 0 Å². The van der Waals surface area contributed by atoms with Gasteiger partial charge in [0.1, 0.15) is 0 Å². The lowest BCUT2D eigenvalue weighted by molar-refractivity contribution is 0.643. The topological polar surface area (TPSA) is 9.86 Å². The van der Waals surface area contributed by atoms with Crippen LogP contribution in [-0.4, -0.2) is 9.13 Å². The molecule has 2 aromatic rings. The average Bonchev–Trinajstić information content (AvgIpc) is 2.86. The van der Waals surface area contributed by atoms with Crippen molar-refractivity contribution in [2.24, 2.45) is 14.1 Å². The molecular formula is C20H32N2. The summed E-state index contributed by atoms with van der Waals surface area (Å²) in [6, 6.07) is 2.41. The van der Waals surface area contributed by atoms with Crippen molar-refractivity contribution >= 4 is 0 Å².